The molecule has 2 aromatic rings. The number of carbonyl (C=O) groups excluding carboxylic acids is 3. The third-order valence-corrected chi connectivity index (χ3v) is 5.90. The zero-order valence-electron chi connectivity index (χ0n) is 15.6. The number of rotatable bonds is 2. The van der Waals surface area contributed by atoms with E-state index in [1.165, 1.54) is 17.1 Å². The lowest BCUT2D eigenvalue weighted by molar-refractivity contribution is -0.147. The van der Waals surface area contributed by atoms with Gasteiger partial charge in [0.1, 0.15) is 23.2 Å². The minimum Gasteiger partial charge on any atom is -0.348 e. The molecule has 2 aliphatic heterocycles. The first kappa shape index (κ1) is 18.4. The first-order chi connectivity index (χ1) is 14.4. The Kier molecular flexibility index (Phi) is 3.96. The topological polar surface area (TPSA) is 66.5 Å². The van der Waals surface area contributed by atoms with Crippen molar-refractivity contribution in [1.29, 1.82) is 0 Å². The number of hydrogen-bond donors (Lipinski definition) is 1. The molecular formula is C23H16F2N2O3. The number of ketones is 1. The van der Waals surface area contributed by atoms with Crippen LogP contribution in [0.4, 0.5) is 8.78 Å². The van der Waals surface area contributed by atoms with E-state index < -0.39 is 41.1 Å². The van der Waals surface area contributed by atoms with Gasteiger partial charge < -0.3 is 10.2 Å². The van der Waals surface area contributed by atoms with Crippen LogP contribution in [0.1, 0.15) is 23.6 Å². The Morgan fingerprint density at radius 3 is 2.40 bits per heavy atom. The fourth-order valence-corrected chi connectivity index (χ4v) is 4.74. The largest absolute Gasteiger partial charge is 0.348 e. The molecule has 0 unspecified atom stereocenters. The summed E-state index contributed by atoms with van der Waals surface area (Å²) in [4.78, 5) is 39.6. The van der Waals surface area contributed by atoms with E-state index in [2.05, 4.69) is 5.32 Å². The summed E-state index contributed by atoms with van der Waals surface area (Å²) in [7, 11) is 0. The normalized spacial score (nSPS) is 27.5. The Balaban J connectivity index is 1.73. The lowest BCUT2D eigenvalue weighted by Crippen LogP contribution is -2.69. The predicted octanol–water partition coefficient (Wildman–Crippen LogP) is 2.70. The molecule has 7 heteroatoms. The number of halogens is 2. The summed E-state index contributed by atoms with van der Waals surface area (Å²) in [6.45, 7) is 0. The highest BCUT2D eigenvalue weighted by Gasteiger charge is 2.60. The van der Waals surface area contributed by atoms with Gasteiger partial charge in [0.25, 0.3) is 0 Å². The molecule has 1 saturated heterocycles. The van der Waals surface area contributed by atoms with Gasteiger partial charge in [-0.15, -0.1) is 0 Å². The lowest BCUT2D eigenvalue weighted by atomic mass is 9.72. The Morgan fingerprint density at radius 1 is 1.00 bits per heavy atom. The lowest BCUT2D eigenvalue weighted by Gasteiger charge is -2.52. The van der Waals surface area contributed by atoms with Crippen LogP contribution in [0.3, 0.4) is 0 Å². The Bertz CT molecular complexity index is 1140. The van der Waals surface area contributed by atoms with E-state index in [9.17, 15) is 23.2 Å². The molecule has 1 fully saturated rings. The second-order valence-electron chi connectivity index (χ2n) is 7.63. The van der Waals surface area contributed by atoms with Crippen molar-refractivity contribution in [3.05, 3.63) is 89.5 Å². The summed E-state index contributed by atoms with van der Waals surface area (Å²) in [6.07, 6.45) is 4.47. The second kappa shape index (κ2) is 6.45. The van der Waals surface area contributed by atoms with Crippen molar-refractivity contribution < 1.29 is 23.2 Å². The van der Waals surface area contributed by atoms with Gasteiger partial charge >= 0.3 is 0 Å². The standard InChI is InChI=1S/C23H16F2N2O3/c24-15-8-14(9-16(25)10-15)21-22(30)26-19-11-17(28)6-7-23(19)18(12-20(29)27(21)23)13-4-2-1-3-5-13/h1-10,12,19,21H,11H2,(H,26,30)/t19-,21-,23-/m1/s1. The minimum atomic E-state index is -1.24. The molecule has 5 rings (SSSR count). The van der Waals surface area contributed by atoms with Crippen LogP contribution in [-0.2, 0) is 14.4 Å². The van der Waals surface area contributed by atoms with Gasteiger partial charge in [-0.2, -0.15) is 0 Å². The first-order valence-corrected chi connectivity index (χ1v) is 9.49. The van der Waals surface area contributed by atoms with Crippen molar-refractivity contribution in [2.24, 2.45) is 0 Å². The van der Waals surface area contributed by atoms with Gasteiger partial charge in [0.2, 0.25) is 11.8 Å². The van der Waals surface area contributed by atoms with Crippen LogP contribution in [0.5, 0.6) is 0 Å². The quantitative estimate of drug-likeness (QED) is 0.834. The molecule has 1 spiro atoms. The highest BCUT2D eigenvalue weighted by molar-refractivity contribution is 6.10. The minimum absolute atomic E-state index is 0.0143. The summed E-state index contributed by atoms with van der Waals surface area (Å²) in [5.41, 5.74) is 0.291. The third kappa shape index (κ3) is 2.55. The van der Waals surface area contributed by atoms with Crippen LogP contribution < -0.4 is 5.32 Å². The van der Waals surface area contributed by atoms with Crippen LogP contribution >= 0.6 is 0 Å². The van der Waals surface area contributed by atoms with E-state index in [0.29, 0.717) is 11.6 Å². The zero-order chi connectivity index (χ0) is 21.0. The Hall–Kier alpha value is -3.61. The van der Waals surface area contributed by atoms with Crippen molar-refractivity contribution in [2.45, 2.75) is 24.0 Å². The van der Waals surface area contributed by atoms with Gasteiger partial charge in [0, 0.05) is 18.6 Å². The summed E-state index contributed by atoms with van der Waals surface area (Å²) in [6, 6.07) is 10.1. The van der Waals surface area contributed by atoms with Gasteiger partial charge in [0.05, 0.1) is 6.04 Å². The van der Waals surface area contributed by atoms with E-state index >= 15 is 0 Å². The summed E-state index contributed by atoms with van der Waals surface area (Å²) in [5, 5.41) is 2.83. The second-order valence-corrected chi connectivity index (χ2v) is 7.63. The fourth-order valence-electron chi connectivity index (χ4n) is 4.74. The van der Waals surface area contributed by atoms with Crippen LogP contribution in [-0.4, -0.2) is 34.1 Å². The molecular weight excluding hydrogens is 390 g/mol. The Labute approximate surface area is 170 Å². The molecule has 0 saturated carbocycles. The molecule has 3 aliphatic rings. The highest BCUT2D eigenvalue weighted by Crippen LogP contribution is 2.50. The molecule has 2 heterocycles. The van der Waals surface area contributed by atoms with E-state index in [-0.39, 0.29) is 17.8 Å². The van der Waals surface area contributed by atoms with Crippen molar-refractivity contribution >= 4 is 23.2 Å². The molecule has 2 aromatic carbocycles. The first-order valence-electron chi connectivity index (χ1n) is 9.49. The summed E-state index contributed by atoms with van der Waals surface area (Å²) >= 11 is 0. The van der Waals surface area contributed by atoms with Gasteiger partial charge in [-0.3, -0.25) is 14.4 Å². The van der Waals surface area contributed by atoms with Gasteiger partial charge in [0.15, 0.2) is 5.78 Å². The molecule has 3 atom stereocenters. The number of nitrogens with one attached hydrogen (secondary N) is 1. The highest BCUT2D eigenvalue weighted by atomic mass is 19.1. The number of hydrogen-bond acceptors (Lipinski definition) is 3. The number of allylic oxidation sites excluding steroid dienone is 1. The SMILES string of the molecule is O=C1C=C[C@]23C(c4ccccc4)=CC(=O)N2[C@H](c2cc(F)cc(F)c2)C(=O)N[C@@H]3C1. The van der Waals surface area contributed by atoms with E-state index in [1.807, 2.05) is 30.3 Å². The Morgan fingerprint density at radius 2 is 1.70 bits per heavy atom. The van der Waals surface area contributed by atoms with E-state index in [1.54, 1.807) is 6.08 Å². The number of nitrogens with zero attached hydrogens (tertiary/aromatic N) is 1. The monoisotopic (exact) mass is 406 g/mol. The average Bonchev–Trinajstić information content (AvgIpc) is 2.99. The molecule has 0 bridgehead atoms. The van der Waals surface area contributed by atoms with Gasteiger partial charge in [-0.05, 0) is 41.0 Å². The molecule has 5 nitrogen and oxygen atoms in total. The van der Waals surface area contributed by atoms with Crippen molar-refractivity contribution in [1.82, 2.24) is 10.2 Å². The van der Waals surface area contributed by atoms with Crippen LogP contribution in [0.2, 0.25) is 0 Å². The van der Waals surface area contributed by atoms with Crippen LogP contribution in [0, 0.1) is 11.6 Å². The summed E-state index contributed by atoms with van der Waals surface area (Å²) < 4.78 is 27.9. The zero-order valence-corrected chi connectivity index (χ0v) is 15.6. The maximum atomic E-state index is 13.9. The van der Waals surface area contributed by atoms with Crippen LogP contribution in [0.15, 0.2) is 66.8 Å². The fraction of sp³-hybridized carbons (Fsp3) is 0.174. The van der Waals surface area contributed by atoms with Crippen molar-refractivity contribution in [3.8, 4) is 0 Å². The van der Waals surface area contributed by atoms with Gasteiger partial charge in [-0.25, -0.2) is 8.78 Å². The molecule has 150 valence electrons. The number of carbonyl (C=O) groups is 3. The van der Waals surface area contributed by atoms with Crippen LogP contribution in [0.25, 0.3) is 5.57 Å². The molecule has 2 amide bonds. The van der Waals surface area contributed by atoms with Gasteiger partial charge in [-0.1, -0.05) is 30.3 Å². The predicted molar refractivity (Wildman–Crippen MR) is 104 cm³/mol. The number of benzene rings is 2. The summed E-state index contributed by atoms with van der Waals surface area (Å²) in [5.74, 6) is -2.90. The maximum Gasteiger partial charge on any atom is 0.248 e. The third-order valence-electron chi connectivity index (χ3n) is 5.90. The average molecular weight is 406 g/mol. The molecule has 1 aliphatic carbocycles. The maximum absolute atomic E-state index is 13.9. The van der Waals surface area contributed by atoms with Crippen molar-refractivity contribution in [3.63, 3.8) is 0 Å². The van der Waals surface area contributed by atoms with E-state index in [4.69, 9.17) is 0 Å². The molecule has 30 heavy (non-hydrogen) atoms. The molecule has 0 aromatic heterocycles. The smallest absolute Gasteiger partial charge is 0.248 e. The number of amides is 2. The van der Waals surface area contributed by atoms with E-state index in [0.717, 1.165) is 17.7 Å². The number of piperazine rings is 1. The molecule has 1 N–H and O–H groups in total. The van der Waals surface area contributed by atoms with Crippen molar-refractivity contribution in [2.75, 3.05) is 0 Å². The molecule has 0 radical (unpaired) electrons.